The highest BCUT2D eigenvalue weighted by Crippen LogP contribution is 2.27. The number of nitro groups is 1. The normalized spacial score (nSPS) is 10.8. The Balaban J connectivity index is 1.56. The lowest BCUT2D eigenvalue weighted by Gasteiger charge is -2.15. The van der Waals surface area contributed by atoms with E-state index in [2.05, 4.69) is 20.8 Å². The Hall–Kier alpha value is -4.51. The van der Waals surface area contributed by atoms with Crippen LogP contribution in [-0.2, 0) is 11.3 Å². The third kappa shape index (κ3) is 6.37. The Labute approximate surface area is 236 Å². The first-order chi connectivity index (χ1) is 19.0. The van der Waals surface area contributed by atoms with Gasteiger partial charge in [-0.05, 0) is 75.1 Å². The molecule has 4 aromatic rings. The number of nitro benzene ring substituents is 1. The zero-order chi connectivity index (χ0) is 29.0. The largest absolute Gasteiger partial charge is 0.345 e. The third-order valence-electron chi connectivity index (χ3n) is 6.59. The predicted octanol–water partition coefficient (Wildman–Crippen LogP) is 5.38. The van der Waals surface area contributed by atoms with Crippen molar-refractivity contribution in [1.29, 1.82) is 0 Å². The Bertz CT molecular complexity index is 1610. The molecule has 0 fully saturated rings. The summed E-state index contributed by atoms with van der Waals surface area (Å²) >= 11 is 1.24. The Morgan fingerprint density at radius 3 is 2.45 bits per heavy atom. The molecule has 0 aliphatic carbocycles. The number of nitrogens with one attached hydrogen (secondary N) is 2. The van der Waals surface area contributed by atoms with Crippen LogP contribution in [0.15, 0.2) is 59.8 Å². The average molecular weight is 559 g/mol. The molecular formula is C29H30N6O4S. The average Bonchev–Trinajstić information content (AvgIpc) is 3.32. The van der Waals surface area contributed by atoms with Gasteiger partial charge in [0.15, 0.2) is 11.0 Å². The first-order valence-electron chi connectivity index (χ1n) is 12.6. The summed E-state index contributed by atoms with van der Waals surface area (Å²) < 4.78 is 1.83. The van der Waals surface area contributed by atoms with Gasteiger partial charge in [0, 0.05) is 22.9 Å². The van der Waals surface area contributed by atoms with Crippen molar-refractivity contribution in [2.45, 2.75) is 46.3 Å². The molecule has 2 N–H and O–H groups in total. The van der Waals surface area contributed by atoms with Crippen LogP contribution in [0.3, 0.4) is 0 Å². The standard InChI is InChI=1S/C29H30N6O4S/c1-17-9-10-19(3)23(13-17)31-27(36)16-40-29-33-32-26(34(29)24-8-6-7-18(2)21(24)5)15-30-28(37)22-12-11-20(4)25(14-22)35(38)39/h6-14H,15-16H2,1-5H3,(H,30,37)(H,31,36). The van der Waals surface area contributed by atoms with Gasteiger partial charge in [0.1, 0.15) is 0 Å². The van der Waals surface area contributed by atoms with E-state index in [0.29, 0.717) is 16.5 Å². The van der Waals surface area contributed by atoms with Crippen molar-refractivity contribution in [3.8, 4) is 5.69 Å². The van der Waals surface area contributed by atoms with E-state index in [1.165, 1.54) is 17.8 Å². The van der Waals surface area contributed by atoms with Crippen LogP contribution in [0, 0.1) is 44.7 Å². The van der Waals surface area contributed by atoms with Gasteiger partial charge in [-0.2, -0.15) is 0 Å². The van der Waals surface area contributed by atoms with E-state index < -0.39 is 10.8 Å². The molecule has 10 nitrogen and oxygen atoms in total. The second-order valence-corrected chi connectivity index (χ2v) is 10.5. The maximum atomic E-state index is 12.9. The fourth-order valence-electron chi connectivity index (χ4n) is 4.12. The number of carbonyl (C=O) groups excluding carboxylic acids is 2. The summed E-state index contributed by atoms with van der Waals surface area (Å²) in [7, 11) is 0. The van der Waals surface area contributed by atoms with E-state index in [1.807, 2.05) is 68.7 Å². The quantitative estimate of drug-likeness (QED) is 0.160. The molecule has 1 aromatic heterocycles. The summed E-state index contributed by atoms with van der Waals surface area (Å²) in [5.41, 5.74) is 6.22. The number of aromatic nitrogens is 3. The summed E-state index contributed by atoms with van der Waals surface area (Å²) in [6.45, 7) is 9.54. The minimum atomic E-state index is -0.511. The number of aryl methyl sites for hydroxylation is 4. The summed E-state index contributed by atoms with van der Waals surface area (Å²) in [6, 6.07) is 16.1. The monoisotopic (exact) mass is 558 g/mol. The van der Waals surface area contributed by atoms with Gasteiger partial charge < -0.3 is 10.6 Å². The summed E-state index contributed by atoms with van der Waals surface area (Å²) in [5.74, 6) is -0.0812. The van der Waals surface area contributed by atoms with Crippen molar-refractivity contribution < 1.29 is 14.5 Å². The maximum absolute atomic E-state index is 12.9. The van der Waals surface area contributed by atoms with E-state index in [-0.39, 0.29) is 29.5 Å². The minimum absolute atomic E-state index is 0.0239. The van der Waals surface area contributed by atoms with Gasteiger partial charge >= 0.3 is 0 Å². The molecule has 0 bridgehead atoms. The Morgan fingerprint density at radius 2 is 1.70 bits per heavy atom. The molecule has 3 aromatic carbocycles. The number of benzene rings is 3. The lowest BCUT2D eigenvalue weighted by atomic mass is 10.1. The zero-order valence-corrected chi connectivity index (χ0v) is 23.8. The lowest BCUT2D eigenvalue weighted by molar-refractivity contribution is -0.385. The topological polar surface area (TPSA) is 132 Å². The Morgan fingerprint density at radius 1 is 0.950 bits per heavy atom. The summed E-state index contributed by atoms with van der Waals surface area (Å²) in [6.07, 6.45) is 0. The van der Waals surface area contributed by atoms with E-state index >= 15 is 0 Å². The minimum Gasteiger partial charge on any atom is -0.345 e. The van der Waals surface area contributed by atoms with Crippen LogP contribution >= 0.6 is 11.8 Å². The molecule has 4 rings (SSSR count). The van der Waals surface area contributed by atoms with Crippen LogP contribution in [0.1, 0.15) is 44.0 Å². The van der Waals surface area contributed by atoms with Crippen molar-refractivity contribution in [2.24, 2.45) is 0 Å². The molecule has 0 atom stereocenters. The number of thioether (sulfide) groups is 1. The van der Waals surface area contributed by atoms with Crippen molar-refractivity contribution >= 4 is 35.0 Å². The summed E-state index contributed by atoms with van der Waals surface area (Å²) in [5, 5.41) is 26.2. The number of hydrogen-bond donors (Lipinski definition) is 2. The zero-order valence-electron chi connectivity index (χ0n) is 22.9. The van der Waals surface area contributed by atoms with Gasteiger partial charge in [0.05, 0.1) is 22.9 Å². The maximum Gasteiger partial charge on any atom is 0.273 e. The Kier molecular flexibility index (Phi) is 8.64. The molecule has 0 radical (unpaired) electrons. The number of anilines is 1. The third-order valence-corrected chi connectivity index (χ3v) is 7.52. The van der Waals surface area contributed by atoms with E-state index in [4.69, 9.17) is 0 Å². The molecule has 0 saturated heterocycles. The van der Waals surface area contributed by atoms with E-state index in [9.17, 15) is 19.7 Å². The van der Waals surface area contributed by atoms with Crippen LogP contribution in [0.25, 0.3) is 5.69 Å². The molecule has 11 heteroatoms. The van der Waals surface area contributed by atoms with Gasteiger partial charge in [0.25, 0.3) is 11.6 Å². The second kappa shape index (κ2) is 12.1. The molecule has 1 heterocycles. The highest BCUT2D eigenvalue weighted by atomic mass is 32.2. The smallest absolute Gasteiger partial charge is 0.273 e. The fourth-order valence-corrected chi connectivity index (χ4v) is 4.89. The molecule has 0 saturated carbocycles. The van der Waals surface area contributed by atoms with Crippen LogP contribution in [0.2, 0.25) is 0 Å². The van der Waals surface area contributed by atoms with Gasteiger partial charge in [-0.1, -0.05) is 42.1 Å². The van der Waals surface area contributed by atoms with Crippen molar-refractivity contribution in [1.82, 2.24) is 20.1 Å². The molecule has 0 spiro atoms. The first-order valence-corrected chi connectivity index (χ1v) is 13.6. The van der Waals surface area contributed by atoms with Crippen molar-refractivity contribution in [3.63, 3.8) is 0 Å². The van der Waals surface area contributed by atoms with Crippen LogP contribution in [0.4, 0.5) is 11.4 Å². The molecule has 2 amide bonds. The van der Waals surface area contributed by atoms with Crippen molar-refractivity contribution in [2.75, 3.05) is 11.1 Å². The lowest BCUT2D eigenvalue weighted by Crippen LogP contribution is -2.25. The number of rotatable bonds is 9. The van der Waals surface area contributed by atoms with E-state index in [0.717, 1.165) is 33.6 Å². The highest BCUT2D eigenvalue weighted by molar-refractivity contribution is 7.99. The summed E-state index contributed by atoms with van der Waals surface area (Å²) in [4.78, 5) is 36.5. The molecular weight excluding hydrogens is 528 g/mol. The molecule has 0 aliphatic heterocycles. The van der Waals surface area contributed by atoms with Crippen LogP contribution in [-0.4, -0.2) is 37.3 Å². The highest BCUT2D eigenvalue weighted by Gasteiger charge is 2.20. The number of hydrogen-bond acceptors (Lipinski definition) is 7. The number of carbonyl (C=O) groups is 2. The number of nitrogens with zero attached hydrogens (tertiary/aromatic N) is 4. The molecule has 206 valence electrons. The second-order valence-electron chi connectivity index (χ2n) is 9.55. The van der Waals surface area contributed by atoms with Crippen LogP contribution < -0.4 is 10.6 Å². The van der Waals surface area contributed by atoms with Crippen molar-refractivity contribution in [3.05, 3.63) is 104 Å². The SMILES string of the molecule is Cc1ccc(C)c(NC(=O)CSc2nnc(CNC(=O)c3ccc(C)c([N+](=O)[O-])c3)n2-c2cccc(C)c2C)c1. The fraction of sp³-hybridized carbons (Fsp3) is 0.241. The predicted molar refractivity (Wildman–Crippen MR) is 155 cm³/mol. The number of amides is 2. The van der Waals surface area contributed by atoms with Gasteiger partial charge in [-0.3, -0.25) is 24.3 Å². The molecule has 40 heavy (non-hydrogen) atoms. The van der Waals surface area contributed by atoms with Gasteiger partial charge in [-0.25, -0.2) is 0 Å². The molecule has 0 unspecified atom stereocenters. The van der Waals surface area contributed by atoms with Gasteiger partial charge in [0.2, 0.25) is 5.91 Å². The van der Waals surface area contributed by atoms with E-state index in [1.54, 1.807) is 19.1 Å². The van der Waals surface area contributed by atoms with Crippen LogP contribution in [0.5, 0.6) is 0 Å². The van der Waals surface area contributed by atoms with Gasteiger partial charge in [-0.15, -0.1) is 10.2 Å². The first kappa shape index (κ1) is 28.5. The molecule has 0 aliphatic rings.